The van der Waals surface area contributed by atoms with Crippen molar-refractivity contribution in [2.24, 2.45) is 5.73 Å². The Morgan fingerprint density at radius 3 is 2.57 bits per heavy atom. The third-order valence-electron chi connectivity index (χ3n) is 3.37. The smallest absolute Gasteiger partial charge is 0.269 e. The number of nitrogens with two attached hydrogens (primary N) is 1. The van der Waals surface area contributed by atoms with E-state index >= 15 is 0 Å². The van der Waals surface area contributed by atoms with Crippen LogP contribution in [0.1, 0.15) is 15.9 Å². The molecule has 2 aromatic heterocycles. The van der Waals surface area contributed by atoms with Crippen LogP contribution in [-0.4, -0.2) is 23.3 Å². The zero-order chi connectivity index (χ0) is 16.8. The highest BCUT2D eigenvalue weighted by molar-refractivity contribution is 9.10. The van der Waals surface area contributed by atoms with E-state index in [2.05, 4.69) is 27.0 Å². The van der Waals surface area contributed by atoms with Crippen molar-refractivity contribution in [2.45, 2.75) is 11.8 Å². The average molecular weight is 393 g/mol. The first-order chi connectivity index (χ1) is 10.8. The maximum atomic E-state index is 12.8. The molecule has 0 fully saturated rings. The van der Waals surface area contributed by atoms with Gasteiger partial charge in [0.1, 0.15) is 0 Å². The zero-order valence-electron chi connectivity index (χ0n) is 11.9. The summed E-state index contributed by atoms with van der Waals surface area (Å²) in [6.45, 7) is 1.87. The Hall–Kier alpha value is -2.19. The number of hydrogen-bond acceptors (Lipinski definition) is 4. The molecule has 2 heterocycles. The molecule has 0 unspecified atom stereocenters. The minimum atomic E-state index is -3.84. The van der Waals surface area contributed by atoms with E-state index in [9.17, 15) is 13.2 Å². The Balaban J connectivity index is 2.27. The van der Waals surface area contributed by atoms with Gasteiger partial charge in [-0.15, -0.1) is 0 Å². The van der Waals surface area contributed by atoms with E-state index in [0.717, 1.165) is 9.54 Å². The molecule has 8 heteroatoms. The second-order valence-electron chi connectivity index (χ2n) is 4.93. The number of primary amides is 1. The summed E-state index contributed by atoms with van der Waals surface area (Å²) in [5.41, 5.74) is 6.55. The molecule has 0 saturated heterocycles. The highest BCUT2D eigenvalue weighted by Gasteiger charge is 2.22. The minimum Gasteiger partial charge on any atom is -0.366 e. The highest BCUT2D eigenvalue weighted by Crippen LogP contribution is 2.27. The molecule has 0 spiro atoms. The normalized spacial score (nSPS) is 11.7. The van der Waals surface area contributed by atoms with Crippen LogP contribution in [0.3, 0.4) is 0 Å². The van der Waals surface area contributed by atoms with Gasteiger partial charge in [-0.05, 0) is 35.0 Å². The van der Waals surface area contributed by atoms with Crippen molar-refractivity contribution in [1.82, 2.24) is 8.96 Å². The second-order valence-corrected chi connectivity index (χ2v) is 7.60. The van der Waals surface area contributed by atoms with Crippen LogP contribution in [0.15, 0.2) is 46.0 Å². The first-order valence-corrected chi connectivity index (χ1v) is 8.75. The Morgan fingerprint density at radius 2 is 1.96 bits per heavy atom. The number of amides is 1. The topological polar surface area (TPSA) is 95.0 Å². The van der Waals surface area contributed by atoms with Crippen molar-refractivity contribution >= 4 is 42.9 Å². The summed E-state index contributed by atoms with van der Waals surface area (Å²) in [6.07, 6.45) is 2.59. The van der Waals surface area contributed by atoms with Crippen LogP contribution in [0.5, 0.6) is 0 Å². The van der Waals surface area contributed by atoms with Crippen LogP contribution >= 0.6 is 15.9 Å². The molecular formula is C15H11BrN3O3S. The lowest BCUT2D eigenvalue weighted by Gasteiger charge is -2.08. The van der Waals surface area contributed by atoms with E-state index in [0.29, 0.717) is 4.47 Å². The summed E-state index contributed by atoms with van der Waals surface area (Å²) >= 11 is 3.19. The van der Waals surface area contributed by atoms with Crippen molar-refractivity contribution < 1.29 is 13.2 Å². The first kappa shape index (κ1) is 15.7. The monoisotopic (exact) mass is 392 g/mol. The van der Waals surface area contributed by atoms with Crippen LogP contribution in [0.4, 0.5) is 0 Å². The summed E-state index contributed by atoms with van der Waals surface area (Å²) in [7, 11) is -3.84. The molecule has 1 aromatic carbocycles. The van der Waals surface area contributed by atoms with Crippen molar-refractivity contribution in [2.75, 3.05) is 0 Å². The van der Waals surface area contributed by atoms with E-state index in [4.69, 9.17) is 5.73 Å². The largest absolute Gasteiger partial charge is 0.366 e. The van der Waals surface area contributed by atoms with Crippen molar-refractivity contribution in [3.63, 3.8) is 0 Å². The fourth-order valence-electron chi connectivity index (χ4n) is 2.21. The average Bonchev–Trinajstić information content (AvgIpc) is 2.91. The number of benzene rings is 1. The van der Waals surface area contributed by atoms with Crippen LogP contribution in [-0.2, 0) is 10.0 Å². The van der Waals surface area contributed by atoms with E-state index in [1.165, 1.54) is 24.5 Å². The van der Waals surface area contributed by atoms with Gasteiger partial charge in [0.05, 0.1) is 10.5 Å². The van der Waals surface area contributed by atoms with Crippen molar-refractivity contribution in [3.05, 3.63) is 58.3 Å². The molecule has 2 N–H and O–H groups in total. The van der Waals surface area contributed by atoms with Gasteiger partial charge in [-0.25, -0.2) is 17.4 Å². The molecule has 0 aliphatic heterocycles. The van der Waals surface area contributed by atoms with Crippen molar-refractivity contribution in [3.8, 4) is 0 Å². The number of pyridine rings is 1. The third-order valence-corrected chi connectivity index (χ3v) is 5.64. The van der Waals surface area contributed by atoms with Gasteiger partial charge in [-0.3, -0.25) is 4.79 Å². The highest BCUT2D eigenvalue weighted by atomic mass is 79.9. The lowest BCUT2D eigenvalue weighted by Crippen LogP contribution is -2.15. The van der Waals surface area contributed by atoms with Gasteiger partial charge in [-0.1, -0.05) is 17.7 Å². The first-order valence-electron chi connectivity index (χ1n) is 6.51. The molecule has 0 saturated carbocycles. The SMILES string of the molecule is Cc1ccc(S(=O)(=O)n2c[c]c3c(C(N)=O)c(Br)cnc32)cc1. The predicted octanol–water partition coefficient (Wildman–Crippen LogP) is 2.24. The molecule has 0 bridgehead atoms. The maximum Gasteiger partial charge on any atom is 0.269 e. The number of hydrogen-bond donors (Lipinski definition) is 1. The number of aryl methyl sites for hydroxylation is 1. The quantitative estimate of drug-likeness (QED) is 0.739. The summed E-state index contributed by atoms with van der Waals surface area (Å²) in [6, 6.07) is 9.21. The number of carbonyl (C=O) groups excluding carboxylic acids is 1. The van der Waals surface area contributed by atoms with Crippen LogP contribution < -0.4 is 5.73 Å². The van der Waals surface area contributed by atoms with Gasteiger partial charge in [0.25, 0.3) is 15.9 Å². The zero-order valence-corrected chi connectivity index (χ0v) is 14.3. The van der Waals surface area contributed by atoms with Gasteiger partial charge in [0, 0.05) is 28.3 Å². The Kier molecular flexibility index (Phi) is 3.73. The van der Waals surface area contributed by atoms with Gasteiger partial charge in [-0.2, -0.15) is 0 Å². The summed E-state index contributed by atoms with van der Waals surface area (Å²) in [4.78, 5) is 15.8. The molecule has 117 valence electrons. The summed E-state index contributed by atoms with van der Waals surface area (Å²) in [5, 5.41) is 0.252. The molecule has 6 nitrogen and oxygen atoms in total. The maximum absolute atomic E-state index is 12.8. The van der Waals surface area contributed by atoms with Crippen LogP contribution in [0.2, 0.25) is 0 Å². The van der Waals surface area contributed by atoms with E-state index in [1.807, 2.05) is 6.92 Å². The fraction of sp³-hybridized carbons (Fsp3) is 0.0667. The predicted molar refractivity (Wildman–Crippen MR) is 88.5 cm³/mol. The lowest BCUT2D eigenvalue weighted by atomic mass is 10.2. The van der Waals surface area contributed by atoms with E-state index in [1.54, 1.807) is 12.1 Å². The number of fused-ring (bicyclic) bond motifs is 1. The van der Waals surface area contributed by atoms with Crippen molar-refractivity contribution in [1.29, 1.82) is 0 Å². The minimum absolute atomic E-state index is 0.0996. The Labute approximate surface area is 141 Å². The molecular weight excluding hydrogens is 382 g/mol. The number of halogens is 1. The van der Waals surface area contributed by atoms with Crippen LogP contribution in [0.25, 0.3) is 11.0 Å². The van der Waals surface area contributed by atoms with E-state index in [-0.39, 0.29) is 21.5 Å². The molecule has 0 aliphatic carbocycles. The lowest BCUT2D eigenvalue weighted by molar-refractivity contribution is 0.100. The van der Waals surface area contributed by atoms with Gasteiger partial charge >= 0.3 is 0 Å². The molecule has 0 atom stereocenters. The Morgan fingerprint density at radius 1 is 1.30 bits per heavy atom. The number of rotatable bonds is 3. The molecule has 1 radical (unpaired) electrons. The molecule has 23 heavy (non-hydrogen) atoms. The summed E-state index contributed by atoms with van der Waals surface area (Å²) < 4.78 is 26.9. The van der Waals surface area contributed by atoms with Crippen LogP contribution in [0, 0.1) is 13.0 Å². The van der Waals surface area contributed by atoms with Gasteiger partial charge in [0.2, 0.25) is 0 Å². The number of nitrogens with zero attached hydrogens (tertiary/aromatic N) is 2. The second kappa shape index (κ2) is 5.47. The molecule has 3 aromatic rings. The fourth-order valence-corrected chi connectivity index (χ4v) is 3.97. The number of aromatic nitrogens is 2. The molecule has 1 amide bonds. The molecule has 0 aliphatic rings. The third kappa shape index (κ3) is 2.53. The Bertz CT molecular complexity index is 1020. The standard InChI is InChI=1S/C15H11BrN3O3S/c1-9-2-4-10(5-3-9)23(21,22)19-7-6-11-13(14(17)20)12(16)8-18-15(11)19/h2-5,7-8H,1H3,(H2,17,20). The number of carbonyl (C=O) groups is 1. The summed E-state index contributed by atoms with van der Waals surface area (Å²) in [5.74, 6) is -0.689. The van der Waals surface area contributed by atoms with Gasteiger partial charge < -0.3 is 5.73 Å². The van der Waals surface area contributed by atoms with Gasteiger partial charge in [0.15, 0.2) is 5.65 Å². The van der Waals surface area contributed by atoms with E-state index < -0.39 is 15.9 Å². The molecule has 3 rings (SSSR count).